The van der Waals surface area contributed by atoms with Crippen LogP contribution in [-0.4, -0.2) is 52.3 Å². The number of benzene rings is 2. The number of hydrogen-bond acceptors (Lipinski definition) is 7. The zero-order valence-corrected chi connectivity index (χ0v) is 22.6. The van der Waals surface area contributed by atoms with Gasteiger partial charge in [-0.05, 0) is 63.7 Å². The molecule has 1 fully saturated rings. The molecule has 9 nitrogen and oxygen atoms in total. The second kappa shape index (κ2) is 12.2. The van der Waals surface area contributed by atoms with Gasteiger partial charge in [0.2, 0.25) is 0 Å². The summed E-state index contributed by atoms with van der Waals surface area (Å²) in [7, 11) is 0. The third-order valence-corrected chi connectivity index (χ3v) is 7.11. The Labute approximate surface area is 228 Å². The summed E-state index contributed by atoms with van der Waals surface area (Å²) in [5.41, 5.74) is 4.96. The molecule has 0 spiro atoms. The van der Waals surface area contributed by atoms with E-state index in [-0.39, 0.29) is 11.6 Å². The number of aromatic amines is 2. The molecule has 3 heterocycles. The molecule has 1 aliphatic rings. The Kier molecular flexibility index (Phi) is 8.29. The van der Waals surface area contributed by atoms with Crippen LogP contribution in [0.1, 0.15) is 50.5 Å². The van der Waals surface area contributed by atoms with Crippen molar-refractivity contribution in [1.82, 2.24) is 35.9 Å². The first kappa shape index (κ1) is 26.5. The van der Waals surface area contributed by atoms with Crippen molar-refractivity contribution in [1.29, 1.82) is 0 Å². The van der Waals surface area contributed by atoms with E-state index in [9.17, 15) is 4.79 Å². The molecule has 9 heteroatoms. The van der Waals surface area contributed by atoms with Crippen LogP contribution in [0.2, 0.25) is 0 Å². The fraction of sp³-hybridized carbons (Fsp3) is 0.333. The predicted molar refractivity (Wildman–Crippen MR) is 159 cm³/mol. The number of H-pyrrole nitrogens is 2. The van der Waals surface area contributed by atoms with Crippen LogP contribution in [0.15, 0.2) is 64.6 Å². The maximum Gasteiger partial charge on any atom is 0.259 e. The highest BCUT2D eigenvalue weighted by atomic mass is 16.1. The number of aliphatic imine (C=N–C) groups is 1. The molecular weight excluding hydrogens is 488 g/mol. The van der Waals surface area contributed by atoms with Gasteiger partial charge in [-0.1, -0.05) is 37.3 Å². The first-order valence-electron chi connectivity index (χ1n) is 13.6. The second-order valence-electron chi connectivity index (χ2n) is 9.98. The molecule has 1 saturated heterocycles. The van der Waals surface area contributed by atoms with E-state index in [1.807, 2.05) is 48.7 Å². The highest BCUT2D eigenvalue weighted by molar-refractivity contribution is 5.84. The maximum absolute atomic E-state index is 13.1. The molecule has 5 N–H and O–H groups in total. The van der Waals surface area contributed by atoms with Gasteiger partial charge in [-0.2, -0.15) is 0 Å². The van der Waals surface area contributed by atoms with Crippen LogP contribution in [-0.2, 0) is 0 Å². The number of imidazole rings is 1. The Hall–Kier alpha value is -4.08. The van der Waals surface area contributed by atoms with E-state index in [1.54, 1.807) is 6.20 Å². The highest BCUT2D eigenvalue weighted by Gasteiger charge is 2.15. The van der Waals surface area contributed by atoms with Crippen LogP contribution in [0.5, 0.6) is 0 Å². The van der Waals surface area contributed by atoms with E-state index in [0.29, 0.717) is 22.8 Å². The Morgan fingerprint density at radius 3 is 2.77 bits per heavy atom. The van der Waals surface area contributed by atoms with E-state index < -0.39 is 0 Å². The predicted octanol–water partition coefficient (Wildman–Crippen LogP) is 4.38. The topological polar surface area (TPSA) is 123 Å². The molecule has 4 aromatic rings. The minimum absolute atomic E-state index is 0.123. The first-order valence-corrected chi connectivity index (χ1v) is 13.6. The average molecular weight is 525 g/mol. The third-order valence-electron chi connectivity index (χ3n) is 7.11. The summed E-state index contributed by atoms with van der Waals surface area (Å²) in [5.74, 6) is 1.40. The number of rotatable bonds is 11. The van der Waals surface area contributed by atoms with Crippen molar-refractivity contribution >= 4 is 23.3 Å². The molecule has 2 aromatic heterocycles. The Morgan fingerprint density at radius 2 is 2.03 bits per heavy atom. The Balaban J connectivity index is 1.35. The quantitative estimate of drug-likeness (QED) is 0.186. The molecule has 2 atom stereocenters. The smallest absolute Gasteiger partial charge is 0.259 e. The van der Waals surface area contributed by atoms with Gasteiger partial charge in [-0.3, -0.25) is 9.79 Å². The Morgan fingerprint density at radius 1 is 1.21 bits per heavy atom. The lowest BCUT2D eigenvalue weighted by atomic mass is 10.1. The fourth-order valence-electron chi connectivity index (χ4n) is 4.89. The van der Waals surface area contributed by atoms with Crippen LogP contribution in [0.3, 0.4) is 0 Å². The standard InChI is InChI=1S/C30H36N8O/c1-4-13-32-19(2)28-35-18-27(37-28)22-11-12-25-24(15-22)30(39)38-29(36-25)21-9-7-20(8-10-21)26(17-31-3)34-16-23-6-5-14-33-23/h7-12,15,17-19,23,32-34H,3-6,13-14,16H2,1-2H3,(H,35,37)(H,36,38,39)/b26-17-/t19-,23-/m0/s1. The van der Waals surface area contributed by atoms with Crippen LogP contribution in [0, 0.1) is 0 Å². The molecule has 0 saturated carbocycles. The van der Waals surface area contributed by atoms with Gasteiger partial charge in [0, 0.05) is 29.9 Å². The molecule has 5 rings (SSSR count). The van der Waals surface area contributed by atoms with Crippen molar-refractivity contribution in [2.24, 2.45) is 4.99 Å². The molecule has 1 aliphatic heterocycles. The molecule has 39 heavy (non-hydrogen) atoms. The summed E-state index contributed by atoms with van der Waals surface area (Å²) in [6, 6.07) is 14.2. The lowest BCUT2D eigenvalue weighted by molar-refractivity contribution is 0.549. The number of nitrogens with one attached hydrogen (secondary N) is 5. The number of hydrogen-bond donors (Lipinski definition) is 5. The number of nitrogens with zero attached hydrogens (tertiary/aromatic N) is 3. The molecule has 0 radical (unpaired) electrons. The second-order valence-corrected chi connectivity index (χ2v) is 9.98. The summed E-state index contributed by atoms with van der Waals surface area (Å²) < 4.78 is 0. The third kappa shape index (κ3) is 6.16. The van der Waals surface area contributed by atoms with E-state index in [1.165, 1.54) is 12.8 Å². The van der Waals surface area contributed by atoms with Crippen molar-refractivity contribution < 1.29 is 0 Å². The molecule has 2 aromatic carbocycles. The van der Waals surface area contributed by atoms with Gasteiger partial charge < -0.3 is 25.9 Å². The molecule has 0 bridgehead atoms. The van der Waals surface area contributed by atoms with Crippen LogP contribution in [0.25, 0.3) is 39.2 Å². The summed E-state index contributed by atoms with van der Waals surface area (Å²) in [5, 5.41) is 11.0. The van der Waals surface area contributed by atoms with Crippen LogP contribution in [0.4, 0.5) is 0 Å². The van der Waals surface area contributed by atoms with Gasteiger partial charge >= 0.3 is 0 Å². The maximum atomic E-state index is 13.1. The highest BCUT2D eigenvalue weighted by Crippen LogP contribution is 2.24. The molecular formula is C30H36N8O. The van der Waals surface area contributed by atoms with Gasteiger partial charge in [0.05, 0.1) is 34.5 Å². The minimum atomic E-state index is -0.180. The number of aromatic nitrogens is 4. The van der Waals surface area contributed by atoms with Crippen molar-refractivity contribution in [3.8, 4) is 22.6 Å². The van der Waals surface area contributed by atoms with E-state index in [2.05, 4.69) is 56.5 Å². The monoisotopic (exact) mass is 524 g/mol. The van der Waals surface area contributed by atoms with Crippen molar-refractivity contribution in [3.63, 3.8) is 0 Å². The number of fused-ring (bicyclic) bond motifs is 1. The van der Waals surface area contributed by atoms with Crippen molar-refractivity contribution in [2.75, 3.05) is 19.6 Å². The summed E-state index contributed by atoms with van der Waals surface area (Å²) in [6.07, 6.45) is 6.98. The largest absolute Gasteiger partial charge is 0.382 e. The molecule has 0 aliphatic carbocycles. The summed E-state index contributed by atoms with van der Waals surface area (Å²) in [6.45, 7) is 10.7. The van der Waals surface area contributed by atoms with Crippen molar-refractivity contribution in [2.45, 2.75) is 45.2 Å². The average Bonchev–Trinajstić information content (AvgIpc) is 3.67. The molecule has 0 amide bonds. The van der Waals surface area contributed by atoms with Crippen LogP contribution >= 0.6 is 0 Å². The summed E-state index contributed by atoms with van der Waals surface area (Å²) >= 11 is 0. The lowest BCUT2D eigenvalue weighted by Crippen LogP contribution is -2.33. The summed E-state index contributed by atoms with van der Waals surface area (Å²) in [4.78, 5) is 32.7. The Bertz CT molecular complexity index is 1510. The van der Waals surface area contributed by atoms with E-state index >= 15 is 0 Å². The van der Waals surface area contributed by atoms with Gasteiger partial charge in [0.25, 0.3) is 5.56 Å². The normalized spacial score (nSPS) is 16.5. The van der Waals surface area contributed by atoms with Gasteiger partial charge in [-0.15, -0.1) is 0 Å². The van der Waals surface area contributed by atoms with Crippen molar-refractivity contribution in [3.05, 3.63) is 76.6 Å². The van der Waals surface area contributed by atoms with E-state index in [0.717, 1.165) is 60.0 Å². The van der Waals surface area contributed by atoms with Gasteiger partial charge in [0.15, 0.2) is 0 Å². The van der Waals surface area contributed by atoms with Crippen LogP contribution < -0.4 is 21.5 Å². The van der Waals surface area contributed by atoms with E-state index in [4.69, 9.17) is 4.98 Å². The van der Waals surface area contributed by atoms with Gasteiger partial charge in [0.1, 0.15) is 11.6 Å². The van der Waals surface area contributed by atoms with Gasteiger partial charge in [-0.25, -0.2) is 9.97 Å². The minimum Gasteiger partial charge on any atom is -0.382 e. The molecule has 202 valence electrons. The zero-order valence-electron chi connectivity index (χ0n) is 22.6. The molecule has 0 unspecified atom stereocenters. The lowest BCUT2D eigenvalue weighted by Gasteiger charge is -2.15. The fourth-order valence-corrected chi connectivity index (χ4v) is 4.89. The SMILES string of the molecule is C=N/C=C(\NC[C@@H]1CCCN1)c1ccc(-c2nc3ccc(-c4cnc([C@H](C)NCCC)[nH]4)cc3c(=O)[nH]2)cc1. The first-order chi connectivity index (χ1) is 19.1. The zero-order chi connectivity index (χ0) is 27.2.